The van der Waals surface area contributed by atoms with Gasteiger partial charge < -0.3 is 16.8 Å². The minimum atomic E-state index is -1.01. The molecular weight excluding hydrogens is 237 g/mol. The number of rotatable bonds is 3. The van der Waals surface area contributed by atoms with Gasteiger partial charge in [0.05, 0.1) is 11.9 Å². The molecule has 0 spiro atoms. The Morgan fingerprint density at radius 1 is 1.61 bits per heavy atom. The smallest absolute Gasteiger partial charge is 0.267 e. The van der Waals surface area contributed by atoms with E-state index in [1.165, 1.54) is 6.07 Å². The van der Waals surface area contributed by atoms with Gasteiger partial charge >= 0.3 is 0 Å². The van der Waals surface area contributed by atoms with Crippen molar-refractivity contribution in [1.29, 1.82) is 0 Å². The van der Waals surface area contributed by atoms with Crippen molar-refractivity contribution >= 4 is 5.91 Å². The molecule has 18 heavy (non-hydrogen) atoms. The standard InChI is InChI=1S/C11H16FN5O/c12-5-11(6-15-4-9(13)17-11)8-3-1-2-7(16-8)10(14)18/h1-3,9,15,17H,4-6,13H2,(H2,14,18). The third-order valence-corrected chi connectivity index (χ3v) is 2.97. The Hall–Kier alpha value is -1.57. The number of nitrogens with two attached hydrogens (primary N) is 2. The number of nitrogens with zero attached hydrogens (tertiary/aromatic N) is 1. The summed E-state index contributed by atoms with van der Waals surface area (Å²) in [5.74, 6) is -0.640. The van der Waals surface area contributed by atoms with Crippen LogP contribution < -0.4 is 22.1 Å². The molecule has 2 rings (SSSR count). The summed E-state index contributed by atoms with van der Waals surface area (Å²) in [7, 11) is 0. The van der Waals surface area contributed by atoms with E-state index < -0.39 is 18.1 Å². The highest BCUT2D eigenvalue weighted by Gasteiger charge is 2.38. The lowest BCUT2D eigenvalue weighted by molar-refractivity contribution is 0.0994. The first-order valence-electron chi connectivity index (χ1n) is 5.65. The molecule has 1 amide bonds. The Morgan fingerprint density at radius 3 is 3.00 bits per heavy atom. The van der Waals surface area contributed by atoms with Crippen molar-refractivity contribution in [3.8, 4) is 0 Å². The van der Waals surface area contributed by atoms with E-state index in [0.717, 1.165) is 0 Å². The fourth-order valence-electron chi connectivity index (χ4n) is 2.06. The summed E-state index contributed by atoms with van der Waals surface area (Å²) in [5.41, 5.74) is 10.5. The van der Waals surface area contributed by atoms with Gasteiger partial charge in [0.2, 0.25) is 0 Å². The van der Waals surface area contributed by atoms with Gasteiger partial charge in [0.1, 0.15) is 17.9 Å². The summed E-state index contributed by atoms with van der Waals surface area (Å²) in [5, 5.41) is 6.03. The van der Waals surface area contributed by atoms with Crippen LogP contribution in [0.25, 0.3) is 0 Å². The molecule has 1 aliphatic rings. The number of hydrogen-bond acceptors (Lipinski definition) is 5. The Bertz CT molecular complexity index is 455. The normalized spacial score (nSPS) is 28.0. The molecule has 0 radical (unpaired) electrons. The third kappa shape index (κ3) is 2.33. The van der Waals surface area contributed by atoms with E-state index in [1.54, 1.807) is 12.1 Å². The van der Waals surface area contributed by atoms with E-state index in [-0.39, 0.29) is 11.9 Å². The van der Waals surface area contributed by atoms with Crippen molar-refractivity contribution < 1.29 is 9.18 Å². The van der Waals surface area contributed by atoms with Crippen LogP contribution in [0.5, 0.6) is 0 Å². The summed E-state index contributed by atoms with van der Waals surface area (Å²) in [6, 6.07) is 4.77. The van der Waals surface area contributed by atoms with Gasteiger partial charge in [-0.05, 0) is 12.1 Å². The molecular formula is C11H16FN5O. The van der Waals surface area contributed by atoms with E-state index in [0.29, 0.717) is 18.8 Å². The molecule has 0 bridgehead atoms. The maximum absolute atomic E-state index is 13.4. The highest BCUT2D eigenvalue weighted by Crippen LogP contribution is 2.22. The molecule has 1 aromatic heterocycles. The average molecular weight is 253 g/mol. The lowest BCUT2D eigenvalue weighted by Gasteiger charge is -2.39. The zero-order chi connectivity index (χ0) is 13.2. The SMILES string of the molecule is NC(=O)c1cccc(C2(CF)CNCC(N)N2)n1. The van der Waals surface area contributed by atoms with Gasteiger partial charge in [-0.2, -0.15) is 0 Å². The number of aromatic nitrogens is 1. The van der Waals surface area contributed by atoms with Crippen molar-refractivity contribution in [3.63, 3.8) is 0 Å². The highest BCUT2D eigenvalue weighted by atomic mass is 19.1. The fourth-order valence-corrected chi connectivity index (χ4v) is 2.06. The molecule has 7 heteroatoms. The summed E-state index contributed by atoms with van der Waals surface area (Å²) < 4.78 is 13.4. The van der Waals surface area contributed by atoms with Gasteiger partial charge in [-0.15, -0.1) is 0 Å². The van der Waals surface area contributed by atoms with E-state index in [9.17, 15) is 9.18 Å². The van der Waals surface area contributed by atoms with Gasteiger partial charge in [0, 0.05) is 13.1 Å². The highest BCUT2D eigenvalue weighted by molar-refractivity contribution is 5.90. The maximum atomic E-state index is 13.4. The number of carbonyl (C=O) groups excluding carboxylic acids is 1. The van der Waals surface area contributed by atoms with Crippen molar-refractivity contribution in [2.24, 2.45) is 11.5 Å². The number of primary amides is 1. The monoisotopic (exact) mass is 253 g/mol. The third-order valence-electron chi connectivity index (χ3n) is 2.97. The molecule has 6 N–H and O–H groups in total. The number of carbonyl (C=O) groups is 1. The van der Waals surface area contributed by atoms with E-state index in [4.69, 9.17) is 11.5 Å². The van der Waals surface area contributed by atoms with E-state index >= 15 is 0 Å². The Labute approximate surface area is 104 Å². The lowest BCUT2D eigenvalue weighted by atomic mass is 9.93. The number of nitrogens with one attached hydrogen (secondary N) is 2. The zero-order valence-electron chi connectivity index (χ0n) is 9.82. The van der Waals surface area contributed by atoms with Gasteiger partial charge in [-0.1, -0.05) is 6.07 Å². The Kier molecular flexibility index (Phi) is 3.55. The van der Waals surface area contributed by atoms with Crippen LogP contribution in [0.2, 0.25) is 0 Å². The molecule has 2 unspecified atom stereocenters. The number of halogens is 1. The van der Waals surface area contributed by atoms with Crippen LogP contribution in [-0.2, 0) is 5.54 Å². The topological polar surface area (TPSA) is 106 Å². The van der Waals surface area contributed by atoms with Crippen LogP contribution >= 0.6 is 0 Å². The van der Waals surface area contributed by atoms with Gasteiger partial charge in [0.25, 0.3) is 5.91 Å². The lowest BCUT2D eigenvalue weighted by Crippen LogP contribution is -2.66. The number of alkyl halides is 1. The van der Waals surface area contributed by atoms with Gasteiger partial charge in [-0.3, -0.25) is 10.1 Å². The molecule has 1 saturated heterocycles. The van der Waals surface area contributed by atoms with Crippen LogP contribution in [0.3, 0.4) is 0 Å². The summed E-state index contributed by atoms with van der Waals surface area (Å²) in [6.45, 7) is 0.229. The van der Waals surface area contributed by atoms with Crippen molar-refractivity contribution in [2.45, 2.75) is 11.7 Å². The average Bonchev–Trinajstić information content (AvgIpc) is 2.38. The van der Waals surface area contributed by atoms with E-state index in [2.05, 4.69) is 15.6 Å². The maximum Gasteiger partial charge on any atom is 0.267 e. The molecule has 2 heterocycles. The molecule has 98 valence electrons. The number of piperazine rings is 1. The molecule has 1 aliphatic heterocycles. The minimum absolute atomic E-state index is 0.112. The second-order valence-electron chi connectivity index (χ2n) is 4.37. The van der Waals surface area contributed by atoms with Gasteiger partial charge in [0.15, 0.2) is 0 Å². The Balaban J connectivity index is 2.37. The molecule has 2 atom stereocenters. The predicted octanol–water partition coefficient (Wildman–Crippen LogP) is -1.18. The van der Waals surface area contributed by atoms with Crippen LogP contribution in [-0.4, -0.2) is 36.8 Å². The fraction of sp³-hybridized carbons (Fsp3) is 0.455. The first-order valence-corrected chi connectivity index (χ1v) is 5.65. The number of hydrogen-bond donors (Lipinski definition) is 4. The molecule has 6 nitrogen and oxygen atoms in total. The molecule has 0 aromatic carbocycles. The van der Waals surface area contributed by atoms with Crippen LogP contribution in [0.1, 0.15) is 16.2 Å². The second-order valence-corrected chi connectivity index (χ2v) is 4.37. The first-order chi connectivity index (χ1) is 8.57. The van der Waals surface area contributed by atoms with Crippen LogP contribution in [0, 0.1) is 0 Å². The Morgan fingerprint density at radius 2 is 2.39 bits per heavy atom. The van der Waals surface area contributed by atoms with Crippen molar-refractivity contribution in [1.82, 2.24) is 15.6 Å². The van der Waals surface area contributed by atoms with Crippen LogP contribution in [0.15, 0.2) is 18.2 Å². The summed E-state index contributed by atoms with van der Waals surface area (Å²) in [6.07, 6.45) is -0.367. The summed E-state index contributed by atoms with van der Waals surface area (Å²) >= 11 is 0. The quantitative estimate of drug-likeness (QED) is 0.543. The predicted molar refractivity (Wildman–Crippen MR) is 64.4 cm³/mol. The first kappa shape index (κ1) is 12.9. The van der Waals surface area contributed by atoms with Crippen molar-refractivity contribution in [3.05, 3.63) is 29.6 Å². The molecule has 1 aromatic rings. The summed E-state index contributed by atoms with van der Waals surface area (Å²) in [4.78, 5) is 15.2. The largest absolute Gasteiger partial charge is 0.364 e. The number of pyridine rings is 1. The molecule has 0 aliphatic carbocycles. The van der Waals surface area contributed by atoms with E-state index in [1.807, 2.05) is 0 Å². The van der Waals surface area contributed by atoms with Gasteiger partial charge in [-0.25, -0.2) is 9.37 Å². The molecule has 0 saturated carbocycles. The van der Waals surface area contributed by atoms with Crippen LogP contribution in [0.4, 0.5) is 4.39 Å². The van der Waals surface area contributed by atoms with Crippen molar-refractivity contribution in [2.75, 3.05) is 19.8 Å². The zero-order valence-corrected chi connectivity index (χ0v) is 9.82. The minimum Gasteiger partial charge on any atom is -0.364 e. The molecule has 1 fully saturated rings. The number of amides is 1. The second kappa shape index (κ2) is 4.97.